The second-order valence-corrected chi connectivity index (χ2v) is 5.23. The summed E-state index contributed by atoms with van der Waals surface area (Å²) in [4.78, 5) is -1.33. The molecule has 1 aromatic rings. The van der Waals surface area contributed by atoms with E-state index in [0.29, 0.717) is 0 Å². The number of halogens is 6. The standard InChI is InChI=1S/C7H2ClF5O2S/c8-16(14,15)6-2-4(9)3(1-5(6)10)7(11,12)13/h1-2H. The zero-order valence-corrected chi connectivity index (χ0v) is 8.72. The molecule has 0 heterocycles. The van der Waals surface area contributed by atoms with Crippen molar-refractivity contribution in [2.75, 3.05) is 0 Å². The van der Waals surface area contributed by atoms with E-state index in [0.717, 1.165) is 0 Å². The van der Waals surface area contributed by atoms with E-state index in [-0.39, 0.29) is 12.1 Å². The molecule has 0 saturated heterocycles. The maximum absolute atomic E-state index is 12.9. The van der Waals surface area contributed by atoms with Crippen molar-refractivity contribution < 1.29 is 30.4 Å². The van der Waals surface area contributed by atoms with Crippen LogP contribution in [-0.2, 0) is 15.2 Å². The van der Waals surface area contributed by atoms with Gasteiger partial charge < -0.3 is 0 Å². The SMILES string of the molecule is O=S(=O)(Cl)c1cc(F)c(C(F)(F)F)cc1F. The van der Waals surface area contributed by atoms with E-state index in [4.69, 9.17) is 0 Å². The summed E-state index contributed by atoms with van der Waals surface area (Å²) in [5.74, 6) is -3.67. The minimum atomic E-state index is -5.11. The molecule has 0 saturated carbocycles. The van der Waals surface area contributed by atoms with Gasteiger partial charge in [-0.25, -0.2) is 17.2 Å². The molecule has 2 nitrogen and oxygen atoms in total. The van der Waals surface area contributed by atoms with Crippen LogP contribution in [0.1, 0.15) is 5.56 Å². The highest BCUT2D eigenvalue weighted by atomic mass is 35.7. The third-order valence-electron chi connectivity index (χ3n) is 1.59. The van der Waals surface area contributed by atoms with Gasteiger partial charge in [-0.15, -0.1) is 0 Å². The van der Waals surface area contributed by atoms with Crippen molar-refractivity contribution in [3.8, 4) is 0 Å². The van der Waals surface area contributed by atoms with Crippen LogP contribution in [0.5, 0.6) is 0 Å². The first-order valence-electron chi connectivity index (χ1n) is 3.54. The Labute approximate surface area is 91.1 Å². The highest BCUT2D eigenvalue weighted by Gasteiger charge is 2.36. The molecule has 1 aromatic carbocycles. The zero-order valence-electron chi connectivity index (χ0n) is 7.15. The van der Waals surface area contributed by atoms with Crippen molar-refractivity contribution >= 4 is 19.7 Å². The monoisotopic (exact) mass is 280 g/mol. The van der Waals surface area contributed by atoms with Crippen LogP contribution in [0.4, 0.5) is 22.0 Å². The lowest BCUT2D eigenvalue weighted by Crippen LogP contribution is -2.10. The van der Waals surface area contributed by atoms with Gasteiger partial charge in [0.05, 0.1) is 5.56 Å². The molecular weight excluding hydrogens is 279 g/mol. The van der Waals surface area contributed by atoms with Crippen molar-refractivity contribution in [2.24, 2.45) is 0 Å². The predicted octanol–water partition coefficient (Wildman–Crippen LogP) is 2.91. The molecule has 0 N–H and O–H groups in total. The average molecular weight is 281 g/mol. The molecule has 0 radical (unpaired) electrons. The summed E-state index contributed by atoms with van der Waals surface area (Å²) in [6, 6.07) is -0.370. The molecule has 0 bridgehead atoms. The van der Waals surface area contributed by atoms with Gasteiger partial charge in [-0.1, -0.05) is 0 Å². The number of alkyl halides is 3. The largest absolute Gasteiger partial charge is 0.419 e. The third kappa shape index (κ3) is 2.62. The smallest absolute Gasteiger partial charge is 0.207 e. The maximum Gasteiger partial charge on any atom is 0.419 e. The van der Waals surface area contributed by atoms with E-state index in [1.165, 1.54) is 0 Å². The van der Waals surface area contributed by atoms with E-state index in [1.54, 1.807) is 0 Å². The minimum Gasteiger partial charge on any atom is -0.207 e. The van der Waals surface area contributed by atoms with Crippen molar-refractivity contribution in [3.63, 3.8) is 0 Å². The first kappa shape index (κ1) is 13.2. The number of hydrogen-bond acceptors (Lipinski definition) is 2. The Bertz CT molecular complexity index is 522. The highest BCUT2D eigenvalue weighted by Crippen LogP contribution is 2.34. The highest BCUT2D eigenvalue weighted by molar-refractivity contribution is 8.13. The third-order valence-corrected chi connectivity index (χ3v) is 2.93. The Kier molecular flexibility index (Phi) is 3.17. The van der Waals surface area contributed by atoms with Crippen LogP contribution in [-0.4, -0.2) is 8.42 Å². The van der Waals surface area contributed by atoms with Gasteiger partial charge in [-0.05, 0) is 12.1 Å². The molecule has 90 valence electrons. The number of benzene rings is 1. The summed E-state index contributed by atoms with van der Waals surface area (Å²) in [7, 11) is 0.0583. The summed E-state index contributed by atoms with van der Waals surface area (Å²) in [5.41, 5.74) is -1.89. The molecule has 0 aliphatic heterocycles. The molecule has 0 fully saturated rings. The summed E-state index contributed by atoms with van der Waals surface area (Å²) < 4.78 is 83.3. The van der Waals surface area contributed by atoms with Gasteiger partial charge >= 0.3 is 6.18 Å². The van der Waals surface area contributed by atoms with E-state index in [9.17, 15) is 30.4 Å². The van der Waals surface area contributed by atoms with Gasteiger partial charge in [0, 0.05) is 10.7 Å². The number of hydrogen-bond donors (Lipinski definition) is 0. The fraction of sp³-hybridized carbons (Fsp3) is 0.143. The van der Waals surface area contributed by atoms with Gasteiger partial charge in [0.25, 0.3) is 9.05 Å². The molecule has 16 heavy (non-hydrogen) atoms. The van der Waals surface area contributed by atoms with E-state index in [1.807, 2.05) is 0 Å². The molecule has 0 amide bonds. The first-order chi connectivity index (χ1) is 7.03. The summed E-state index contributed by atoms with van der Waals surface area (Å²) in [6.45, 7) is 0. The molecular formula is C7H2ClF5O2S. The van der Waals surface area contributed by atoms with Crippen molar-refractivity contribution in [1.29, 1.82) is 0 Å². The normalized spacial score (nSPS) is 12.9. The topological polar surface area (TPSA) is 34.1 Å². The van der Waals surface area contributed by atoms with E-state index < -0.39 is 37.3 Å². The van der Waals surface area contributed by atoms with Crippen LogP contribution >= 0.6 is 10.7 Å². The van der Waals surface area contributed by atoms with Crippen LogP contribution in [0.2, 0.25) is 0 Å². The Morgan fingerprint density at radius 1 is 1.06 bits per heavy atom. The Morgan fingerprint density at radius 2 is 1.56 bits per heavy atom. The second kappa shape index (κ2) is 3.85. The Morgan fingerprint density at radius 3 is 1.94 bits per heavy atom. The molecule has 0 aliphatic rings. The van der Waals surface area contributed by atoms with Crippen molar-refractivity contribution in [2.45, 2.75) is 11.1 Å². The Balaban J connectivity index is 3.52. The lowest BCUT2D eigenvalue weighted by Gasteiger charge is -2.09. The maximum atomic E-state index is 12.9. The molecule has 0 atom stereocenters. The van der Waals surface area contributed by atoms with Gasteiger partial charge in [-0.2, -0.15) is 13.2 Å². The van der Waals surface area contributed by atoms with Crippen LogP contribution in [0.25, 0.3) is 0 Å². The molecule has 0 spiro atoms. The van der Waals surface area contributed by atoms with Gasteiger partial charge in [0.2, 0.25) is 0 Å². The average Bonchev–Trinajstić information content (AvgIpc) is 2.04. The fourth-order valence-corrected chi connectivity index (χ4v) is 1.82. The van der Waals surface area contributed by atoms with Crippen LogP contribution < -0.4 is 0 Å². The summed E-state index contributed by atoms with van der Waals surface area (Å²) >= 11 is 0. The molecule has 1 rings (SSSR count). The molecule has 9 heteroatoms. The predicted molar refractivity (Wildman–Crippen MR) is 44.4 cm³/mol. The van der Waals surface area contributed by atoms with Crippen LogP contribution in [0, 0.1) is 11.6 Å². The number of rotatable bonds is 1. The lowest BCUT2D eigenvalue weighted by atomic mass is 10.2. The fourth-order valence-electron chi connectivity index (χ4n) is 0.933. The van der Waals surface area contributed by atoms with Gasteiger partial charge in [0.1, 0.15) is 16.5 Å². The second-order valence-electron chi connectivity index (χ2n) is 2.70. The Hall–Kier alpha value is -0.890. The van der Waals surface area contributed by atoms with Gasteiger partial charge in [-0.3, -0.25) is 0 Å². The van der Waals surface area contributed by atoms with E-state index >= 15 is 0 Å². The summed E-state index contributed by atoms with van der Waals surface area (Å²) in [6.07, 6.45) is -5.11. The molecule has 0 aliphatic carbocycles. The molecule has 0 unspecified atom stereocenters. The zero-order chi connectivity index (χ0) is 12.7. The molecule has 0 aromatic heterocycles. The van der Waals surface area contributed by atoms with Crippen LogP contribution in [0.3, 0.4) is 0 Å². The minimum absolute atomic E-state index is 0.111. The van der Waals surface area contributed by atoms with Crippen molar-refractivity contribution in [3.05, 3.63) is 29.3 Å². The van der Waals surface area contributed by atoms with Crippen LogP contribution in [0.15, 0.2) is 17.0 Å². The first-order valence-corrected chi connectivity index (χ1v) is 5.85. The van der Waals surface area contributed by atoms with Gasteiger partial charge in [0.15, 0.2) is 0 Å². The summed E-state index contributed by atoms with van der Waals surface area (Å²) in [5, 5.41) is 0. The quantitative estimate of drug-likeness (QED) is 0.585. The lowest BCUT2D eigenvalue weighted by molar-refractivity contribution is -0.140. The van der Waals surface area contributed by atoms with E-state index in [2.05, 4.69) is 10.7 Å². The van der Waals surface area contributed by atoms with Crippen molar-refractivity contribution in [1.82, 2.24) is 0 Å².